The van der Waals surface area contributed by atoms with Crippen molar-refractivity contribution in [3.05, 3.63) is 47.3 Å². The van der Waals surface area contributed by atoms with Crippen LogP contribution in [-0.4, -0.2) is 45.8 Å². The Morgan fingerprint density at radius 2 is 2.12 bits per heavy atom. The first-order valence-corrected chi connectivity index (χ1v) is 8.13. The summed E-state index contributed by atoms with van der Waals surface area (Å²) in [5.74, 6) is 0.594. The number of H-pyrrole nitrogens is 1. The molecule has 6 heteroatoms. The fraction of sp³-hybridized carbons (Fsp3) is 0.444. The van der Waals surface area contributed by atoms with Gasteiger partial charge in [-0.25, -0.2) is 0 Å². The van der Waals surface area contributed by atoms with E-state index in [1.807, 2.05) is 31.2 Å². The number of nitrogens with one attached hydrogen (secondary N) is 1. The van der Waals surface area contributed by atoms with Crippen LogP contribution in [0.3, 0.4) is 0 Å². The minimum Gasteiger partial charge on any atom is -0.497 e. The molecule has 0 saturated carbocycles. The quantitative estimate of drug-likeness (QED) is 0.902. The van der Waals surface area contributed by atoms with Crippen molar-refractivity contribution in [2.24, 2.45) is 0 Å². The first-order chi connectivity index (χ1) is 11.4. The van der Waals surface area contributed by atoms with Crippen molar-refractivity contribution in [2.45, 2.75) is 38.3 Å². The van der Waals surface area contributed by atoms with Crippen LogP contribution in [0, 0.1) is 6.92 Å². The number of hydrogen-bond donors (Lipinski definition) is 2. The molecule has 2 N–H and O–H groups in total. The van der Waals surface area contributed by atoms with Crippen LogP contribution in [-0.2, 0) is 5.60 Å². The van der Waals surface area contributed by atoms with Crippen LogP contribution in [0.25, 0.3) is 0 Å². The van der Waals surface area contributed by atoms with Gasteiger partial charge in [0.2, 0.25) is 0 Å². The summed E-state index contributed by atoms with van der Waals surface area (Å²) in [7, 11) is 1.61. The average Bonchev–Trinajstić information content (AvgIpc) is 3.23. The first-order valence-electron chi connectivity index (χ1n) is 8.13. The summed E-state index contributed by atoms with van der Waals surface area (Å²) in [4.78, 5) is 14.5. The lowest BCUT2D eigenvalue weighted by Crippen LogP contribution is -2.48. The molecule has 2 aromatic rings. The summed E-state index contributed by atoms with van der Waals surface area (Å²) >= 11 is 0. The molecule has 0 unspecified atom stereocenters. The Bertz CT molecular complexity index is 721. The monoisotopic (exact) mass is 329 g/mol. The smallest absolute Gasteiger partial charge is 0.274 e. The van der Waals surface area contributed by atoms with E-state index in [2.05, 4.69) is 10.2 Å². The Morgan fingerprint density at radius 3 is 2.71 bits per heavy atom. The molecule has 24 heavy (non-hydrogen) atoms. The van der Waals surface area contributed by atoms with Crippen LogP contribution in [0.15, 0.2) is 30.3 Å². The number of carbonyl (C=O) groups is 1. The number of nitrogens with zero attached hydrogens (tertiary/aromatic N) is 2. The number of amides is 1. The number of rotatable bonds is 4. The summed E-state index contributed by atoms with van der Waals surface area (Å²) in [6.07, 6.45) is 1.63. The third-order valence-electron chi connectivity index (χ3n) is 4.76. The minimum absolute atomic E-state index is 0.143. The van der Waals surface area contributed by atoms with Gasteiger partial charge in [0.15, 0.2) is 0 Å². The SMILES string of the molecule is COc1ccc([C@@](C)(O)[C@@H]2CCCN2C(=O)c2cc(C)[nH]n2)cc1. The summed E-state index contributed by atoms with van der Waals surface area (Å²) < 4.78 is 5.17. The molecule has 1 fully saturated rings. The Kier molecular flexibility index (Phi) is 4.32. The second kappa shape index (κ2) is 6.28. The van der Waals surface area contributed by atoms with E-state index in [1.54, 1.807) is 25.0 Å². The van der Waals surface area contributed by atoms with Gasteiger partial charge in [-0.2, -0.15) is 5.10 Å². The van der Waals surface area contributed by atoms with Gasteiger partial charge in [0.05, 0.1) is 13.2 Å². The number of hydrogen-bond acceptors (Lipinski definition) is 4. The third-order valence-corrected chi connectivity index (χ3v) is 4.76. The van der Waals surface area contributed by atoms with Gasteiger partial charge >= 0.3 is 0 Å². The summed E-state index contributed by atoms with van der Waals surface area (Å²) in [6, 6.07) is 8.79. The molecule has 6 nitrogen and oxygen atoms in total. The van der Waals surface area contributed by atoms with Crippen molar-refractivity contribution in [3.8, 4) is 5.75 Å². The minimum atomic E-state index is -1.14. The summed E-state index contributed by atoms with van der Waals surface area (Å²) in [6.45, 7) is 4.25. The van der Waals surface area contributed by atoms with Gasteiger partial charge in [0.1, 0.15) is 17.0 Å². The molecule has 1 aromatic carbocycles. The topological polar surface area (TPSA) is 78.5 Å². The molecule has 1 aliphatic heterocycles. The van der Waals surface area contributed by atoms with Crippen molar-refractivity contribution in [1.82, 2.24) is 15.1 Å². The zero-order valence-electron chi connectivity index (χ0n) is 14.2. The highest BCUT2D eigenvalue weighted by molar-refractivity contribution is 5.92. The van der Waals surface area contributed by atoms with Crippen molar-refractivity contribution in [3.63, 3.8) is 0 Å². The van der Waals surface area contributed by atoms with Crippen LogP contribution in [0.1, 0.15) is 41.5 Å². The Morgan fingerprint density at radius 1 is 1.42 bits per heavy atom. The van der Waals surface area contributed by atoms with Crippen molar-refractivity contribution < 1.29 is 14.6 Å². The highest BCUT2D eigenvalue weighted by atomic mass is 16.5. The normalized spacial score (nSPS) is 20.0. The van der Waals surface area contributed by atoms with Crippen LogP contribution < -0.4 is 4.74 Å². The summed E-state index contributed by atoms with van der Waals surface area (Å²) in [5, 5.41) is 18.0. The lowest BCUT2D eigenvalue weighted by Gasteiger charge is -2.36. The Balaban J connectivity index is 1.86. The largest absolute Gasteiger partial charge is 0.497 e. The molecular formula is C18H23N3O3. The van der Waals surface area contributed by atoms with E-state index in [4.69, 9.17) is 4.74 Å². The van der Waals surface area contributed by atoms with Crippen LogP contribution in [0.2, 0.25) is 0 Å². The molecular weight excluding hydrogens is 306 g/mol. The first kappa shape index (κ1) is 16.5. The van der Waals surface area contributed by atoms with E-state index >= 15 is 0 Å². The van der Waals surface area contributed by atoms with E-state index < -0.39 is 5.60 Å². The average molecular weight is 329 g/mol. The number of aromatic nitrogens is 2. The molecule has 2 atom stereocenters. The van der Waals surface area contributed by atoms with E-state index in [0.717, 1.165) is 29.8 Å². The van der Waals surface area contributed by atoms with Crippen LogP contribution in [0.4, 0.5) is 0 Å². The predicted octanol–water partition coefficient (Wildman–Crippen LogP) is 2.24. The van der Waals surface area contributed by atoms with Gasteiger partial charge in [0, 0.05) is 12.2 Å². The van der Waals surface area contributed by atoms with Crippen LogP contribution in [0.5, 0.6) is 5.75 Å². The molecule has 0 aliphatic carbocycles. The summed E-state index contributed by atoms with van der Waals surface area (Å²) in [5.41, 5.74) is 0.871. The zero-order valence-corrected chi connectivity index (χ0v) is 14.2. The van der Waals surface area contributed by atoms with Crippen molar-refractivity contribution >= 4 is 5.91 Å². The molecule has 3 rings (SSSR count). The van der Waals surface area contributed by atoms with Crippen molar-refractivity contribution in [2.75, 3.05) is 13.7 Å². The predicted molar refractivity (Wildman–Crippen MR) is 89.9 cm³/mol. The van der Waals surface area contributed by atoms with Gasteiger partial charge < -0.3 is 14.7 Å². The van der Waals surface area contributed by atoms with Gasteiger partial charge in [0.25, 0.3) is 5.91 Å². The van der Waals surface area contributed by atoms with Gasteiger partial charge in [-0.15, -0.1) is 0 Å². The molecule has 0 bridgehead atoms. The molecule has 128 valence electrons. The lowest BCUT2D eigenvalue weighted by atomic mass is 9.86. The Hall–Kier alpha value is -2.34. The second-order valence-corrected chi connectivity index (χ2v) is 6.47. The number of likely N-dealkylation sites (tertiary alicyclic amines) is 1. The van der Waals surface area contributed by atoms with E-state index in [9.17, 15) is 9.90 Å². The molecule has 0 radical (unpaired) electrons. The maximum atomic E-state index is 12.8. The molecule has 1 aliphatic rings. The number of aliphatic hydroxyl groups is 1. The highest BCUT2D eigenvalue weighted by Crippen LogP contribution is 2.36. The maximum absolute atomic E-state index is 12.8. The number of carbonyl (C=O) groups excluding carboxylic acids is 1. The number of benzene rings is 1. The van der Waals surface area contributed by atoms with Gasteiger partial charge in [-0.1, -0.05) is 12.1 Å². The van der Waals surface area contributed by atoms with Crippen LogP contribution >= 0.6 is 0 Å². The Labute approximate surface area is 141 Å². The van der Waals surface area contributed by atoms with Crippen molar-refractivity contribution in [1.29, 1.82) is 0 Å². The van der Waals surface area contributed by atoms with E-state index in [-0.39, 0.29) is 11.9 Å². The fourth-order valence-electron chi connectivity index (χ4n) is 3.39. The number of aryl methyl sites for hydroxylation is 1. The van der Waals surface area contributed by atoms with E-state index in [1.165, 1.54) is 0 Å². The lowest BCUT2D eigenvalue weighted by molar-refractivity contribution is -0.0179. The zero-order chi connectivity index (χ0) is 17.3. The van der Waals surface area contributed by atoms with E-state index in [0.29, 0.717) is 12.2 Å². The molecule has 2 heterocycles. The number of ether oxygens (including phenoxy) is 1. The fourth-order valence-corrected chi connectivity index (χ4v) is 3.39. The maximum Gasteiger partial charge on any atom is 0.274 e. The van der Waals surface area contributed by atoms with Gasteiger partial charge in [-0.05, 0) is 50.5 Å². The third kappa shape index (κ3) is 2.89. The standard InChI is InChI=1S/C18H23N3O3/c1-12-11-15(20-19-12)17(22)21-10-4-5-16(21)18(2,23)13-6-8-14(24-3)9-7-13/h6-9,11,16,23H,4-5,10H2,1-3H3,(H,19,20)/t16-,18+/m0/s1. The van der Waals surface area contributed by atoms with Gasteiger partial charge in [-0.3, -0.25) is 9.89 Å². The molecule has 0 spiro atoms. The number of aromatic amines is 1. The second-order valence-electron chi connectivity index (χ2n) is 6.47. The highest BCUT2D eigenvalue weighted by Gasteiger charge is 2.43. The number of methoxy groups -OCH3 is 1. The molecule has 1 amide bonds. The molecule has 1 saturated heterocycles. The molecule has 1 aromatic heterocycles.